The second-order valence-corrected chi connectivity index (χ2v) is 6.77. The Bertz CT molecular complexity index is 666. The van der Waals surface area contributed by atoms with Crippen molar-refractivity contribution < 1.29 is 4.52 Å². The summed E-state index contributed by atoms with van der Waals surface area (Å²) in [5.41, 5.74) is 8.85. The lowest BCUT2D eigenvalue weighted by molar-refractivity contribution is 0.221. The summed E-state index contributed by atoms with van der Waals surface area (Å²) in [6.45, 7) is 2.25. The fourth-order valence-electron chi connectivity index (χ4n) is 3.85. The summed E-state index contributed by atoms with van der Waals surface area (Å²) in [4.78, 5) is 4.66. The molecule has 0 aliphatic heterocycles. The van der Waals surface area contributed by atoms with E-state index >= 15 is 0 Å². The minimum atomic E-state index is -0.400. The maximum atomic E-state index is 6.55. The molecule has 21 heavy (non-hydrogen) atoms. The van der Waals surface area contributed by atoms with Gasteiger partial charge in [-0.05, 0) is 36.3 Å². The molecule has 110 valence electrons. The van der Waals surface area contributed by atoms with E-state index in [1.165, 1.54) is 17.5 Å². The Kier molecular flexibility index (Phi) is 2.89. The van der Waals surface area contributed by atoms with Crippen molar-refractivity contribution in [2.75, 3.05) is 0 Å². The summed E-state index contributed by atoms with van der Waals surface area (Å²) in [5, 5.41) is 4.21. The Hall–Kier alpha value is -1.68. The zero-order valence-electron chi connectivity index (χ0n) is 12.4. The molecular formula is C17H21N3O. The van der Waals surface area contributed by atoms with Gasteiger partial charge >= 0.3 is 0 Å². The van der Waals surface area contributed by atoms with Crippen molar-refractivity contribution in [1.82, 2.24) is 10.1 Å². The Morgan fingerprint density at radius 2 is 2.19 bits per heavy atom. The van der Waals surface area contributed by atoms with Crippen LogP contribution in [0.2, 0.25) is 0 Å². The van der Waals surface area contributed by atoms with Crippen LogP contribution in [0, 0.1) is 5.92 Å². The highest BCUT2D eigenvalue weighted by Gasteiger charge is 2.39. The van der Waals surface area contributed by atoms with Crippen LogP contribution in [0.25, 0.3) is 0 Å². The zero-order valence-corrected chi connectivity index (χ0v) is 12.4. The summed E-state index contributed by atoms with van der Waals surface area (Å²) >= 11 is 0. The van der Waals surface area contributed by atoms with Crippen LogP contribution in [0.15, 0.2) is 28.8 Å². The number of hydrogen-bond donors (Lipinski definition) is 1. The van der Waals surface area contributed by atoms with Gasteiger partial charge in [-0.3, -0.25) is 0 Å². The molecule has 0 radical (unpaired) electrons. The third-order valence-electron chi connectivity index (χ3n) is 5.07. The number of nitrogens with two attached hydrogens (primary N) is 1. The molecule has 1 aromatic heterocycles. The van der Waals surface area contributed by atoms with Crippen molar-refractivity contribution in [3.63, 3.8) is 0 Å². The molecule has 4 nitrogen and oxygen atoms in total. The number of benzene rings is 1. The first-order valence-electron chi connectivity index (χ1n) is 7.86. The van der Waals surface area contributed by atoms with Crippen LogP contribution in [0.3, 0.4) is 0 Å². The first kappa shape index (κ1) is 13.0. The lowest BCUT2D eigenvalue weighted by atomic mass is 9.76. The van der Waals surface area contributed by atoms with Gasteiger partial charge in [-0.2, -0.15) is 4.98 Å². The van der Waals surface area contributed by atoms with Crippen LogP contribution in [0.5, 0.6) is 0 Å². The second-order valence-electron chi connectivity index (χ2n) is 6.77. The van der Waals surface area contributed by atoms with Crippen molar-refractivity contribution in [3.8, 4) is 0 Å². The maximum Gasteiger partial charge on any atom is 0.234 e. The average Bonchev–Trinajstić information content (AvgIpc) is 2.90. The summed E-state index contributed by atoms with van der Waals surface area (Å²) in [7, 11) is 0. The average molecular weight is 283 g/mol. The summed E-state index contributed by atoms with van der Waals surface area (Å²) in [6.07, 6.45) is 5.30. The van der Waals surface area contributed by atoms with Gasteiger partial charge in [0.15, 0.2) is 5.82 Å². The monoisotopic (exact) mass is 283 g/mol. The van der Waals surface area contributed by atoms with E-state index in [9.17, 15) is 0 Å². The van der Waals surface area contributed by atoms with Gasteiger partial charge in [-0.25, -0.2) is 0 Å². The van der Waals surface area contributed by atoms with Crippen molar-refractivity contribution in [1.29, 1.82) is 0 Å². The predicted octanol–water partition coefficient (Wildman–Crippen LogP) is 3.12. The highest BCUT2D eigenvalue weighted by molar-refractivity contribution is 5.43. The van der Waals surface area contributed by atoms with E-state index in [2.05, 4.69) is 41.3 Å². The van der Waals surface area contributed by atoms with Gasteiger partial charge in [0.1, 0.15) is 0 Å². The fraction of sp³-hybridized carbons (Fsp3) is 0.529. The van der Waals surface area contributed by atoms with Crippen molar-refractivity contribution in [2.45, 2.75) is 50.5 Å². The lowest BCUT2D eigenvalue weighted by Crippen LogP contribution is -2.42. The fourth-order valence-corrected chi connectivity index (χ4v) is 3.85. The van der Waals surface area contributed by atoms with E-state index in [1.54, 1.807) is 0 Å². The van der Waals surface area contributed by atoms with E-state index in [4.69, 9.17) is 10.3 Å². The molecule has 1 fully saturated rings. The Labute approximate surface area is 124 Å². The Balaban J connectivity index is 1.60. The smallest absolute Gasteiger partial charge is 0.234 e. The zero-order chi connectivity index (χ0) is 14.4. The molecule has 2 aliphatic carbocycles. The number of nitrogens with zero attached hydrogens (tertiary/aromatic N) is 2. The summed E-state index contributed by atoms with van der Waals surface area (Å²) in [5.74, 6) is 2.32. The number of aromatic nitrogens is 2. The van der Waals surface area contributed by atoms with E-state index in [0.717, 1.165) is 31.6 Å². The molecule has 1 heterocycles. The van der Waals surface area contributed by atoms with E-state index < -0.39 is 5.54 Å². The molecule has 4 heteroatoms. The molecule has 2 N–H and O–H groups in total. The van der Waals surface area contributed by atoms with Gasteiger partial charge in [0.25, 0.3) is 0 Å². The van der Waals surface area contributed by atoms with Crippen LogP contribution >= 0.6 is 0 Å². The van der Waals surface area contributed by atoms with E-state index in [-0.39, 0.29) is 5.92 Å². The quantitative estimate of drug-likeness (QED) is 0.919. The van der Waals surface area contributed by atoms with Crippen LogP contribution < -0.4 is 5.73 Å². The van der Waals surface area contributed by atoms with Crippen molar-refractivity contribution in [3.05, 3.63) is 47.1 Å². The van der Waals surface area contributed by atoms with E-state index in [0.29, 0.717) is 11.7 Å². The van der Waals surface area contributed by atoms with Gasteiger partial charge in [-0.1, -0.05) is 49.2 Å². The lowest BCUT2D eigenvalue weighted by Gasteiger charge is -2.34. The molecule has 0 bridgehead atoms. The molecule has 4 rings (SSSR count). The molecular weight excluding hydrogens is 262 g/mol. The predicted molar refractivity (Wildman–Crippen MR) is 79.8 cm³/mol. The topological polar surface area (TPSA) is 64.9 Å². The molecule has 0 amide bonds. The minimum absolute atomic E-state index is 0.257. The van der Waals surface area contributed by atoms with Gasteiger partial charge in [0.05, 0.1) is 11.5 Å². The van der Waals surface area contributed by atoms with Crippen molar-refractivity contribution in [2.24, 2.45) is 11.7 Å². The van der Waals surface area contributed by atoms with Crippen LogP contribution in [-0.4, -0.2) is 10.1 Å². The van der Waals surface area contributed by atoms with E-state index in [1.807, 2.05) is 0 Å². The molecule has 2 aromatic rings. The highest BCUT2D eigenvalue weighted by Crippen LogP contribution is 2.41. The van der Waals surface area contributed by atoms with Crippen LogP contribution in [-0.2, 0) is 12.0 Å². The molecule has 1 saturated carbocycles. The summed E-state index contributed by atoms with van der Waals surface area (Å²) in [6, 6.07) is 8.45. The third-order valence-corrected chi connectivity index (χ3v) is 5.07. The summed E-state index contributed by atoms with van der Waals surface area (Å²) < 4.78 is 5.54. The molecule has 1 aromatic carbocycles. The van der Waals surface area contributed by atoms with Gasteiger partial charge < -0.3 is 10.3 Å². The second kappa shape index (κ2) is 4.67. The van der Waals surface area contributed by atoms with Crippen LogP contribution in [0.4, 0.5) is 0 Å². The van der Waals surface area contributed by atoms with Crippen LogP contribution in [0.1, 0.15) is 61.4 Å². The largest absolute Gasteiger partial charge is 0.339 e. The number of hydrogen-bond acceptors (Lipinski definition) is 4. The molecule has 2 aliphatic rings. The third kappa shape index (κ3) is 2.09. The normalized spacial score (nSPS) is 31.5. The highest BCUT2D eigenvalue weighted by atomic mass is 16.5. The maximum absolute atomic E-state index is 6.55. The first-order chi connectivity index (χ1) is 10.2. The molecule has 3 unspecified atom stereocenters. The van der Waals surface area contributed by atoms with Gasteiger partial charge in [0, 0.05) is 0 Å². The van der Waals surface area contributed by atoms with Gasteiger partial charge in [0.2, 0.25) is 5.89 Å². The Morgan fingerprint density at radius 3 is 3.00 bits per heavy atom. The standard InChI is InChI=1S/C17H21N3O/c1-11-5-4-8-17(18,10-11)16-19-15(21-20-16)14-9-12-6-2-3-7-13(12)14/h2-3,6-7,11,14H,4-5,8-10,18H2,1H3. The molecule has 0 saturated heterocycles. The first-order valence-corrected chi connectivity index (χ1v) is 7.86. The molecule has 0 spiro atoms. The number of rotatable bonds is 2. The SMILES string of the molecule is CC1CCCC(N)(c2noc(C3Cc4ccccc43)n2)C1. The molecule has 3 atom stereocenters. The minimum Gasteiger partial charge on any atom is -0.339 e. The van der Waals surface area contributed by atoms with Gasteiger partial charge in [-0.15, -0.1) is 0 Å². The Morgan fingerprint density at radius 1 is 1.33 bits per heavy atom. The van der Waals surface area contributed by atoms with Crippen molar-refractivity contribution >= 4 is 0 Å². The number of fused-ring (bicyclic) bond motifs is 1.